The average Bonchev–Trinajstić information content (AvgIpc) is 3.50. The van der Waals surface area contributed by atoms with Gasteiger partial charge in [0.1, 0.15) is 11.5 Å². The largest absolute Gasteiger partial charge is 0.480 e. The lowest BCUT2D eigenvalue weighted by Crippen LogP contribution is -2.48. The molecule has 0 aromatic heterocycles. The second kappa shape index (κ2) is 9.11. The van der Waals surface area contributed by atoms with Crippen LogP contribution in [0, 0.1) is 5.41 Å². The average molecular weight is 538 g/mol. The molecule has 1 aromatic carbocycles. The molecule has 2 heterocycles. The van der Waals surface area contributed by atoms with E-state index >= 15 is 0 Å². The molecule has 35 heavy (non-hydrogen) atoms. The number of aliphatic carboxylic acids is 1. The summed E-state index contributed by atoms with van der Waals surface area (Å²) in [6, 6.07) is 2.84. The Morgan fingerprint density at radius 1 is 1.17 bits per heavy atom. The van der Waals surface area contributed by atoms with E-state index in [-0.39, 0.29) is 9.92 Å². The lowest BCUT2D eigenvalue weighted by molar-refractivity contribution is -0.199. The Morgan fingerprint density at radius 3 is 2.29 bits per heavy atom. The third kappa shape index (κ3) is 4.60. The first-order chi connectivity index (χ1) is 16.3. The number of rotatable bonds is 6. The lowest BCUT2D eigenvalue weighted by atomic mass is 10.0. The summed E-state index contributed by atoms with van der Waals surface area (Å²) in [7, 11) is -4.22. The van der Waals surface area contributed by atoms with E-state index in [0.717, 1.165) is 38.4 Å². The second-order valence-corrected chi connectivity index (χ2v) is 11.9. The van der Waals surface area contributed by atoms with Gasteiger partial charge in [0.15, 0.2) is 9.84 Å². The minimum atomic E-state index is -4.83. The molecule has 194 valence electrons. The third-order valence-corrected chi connectivity index (χ3v) is 9.97. The molecule has 13 heteroatoms. The lowest BCUT2D eigenvalue weighted by Gasteiger charge is -2.35. The number of halogens is 4. The van der Waals surface area contributed by atoms with Crippen LogP contribution < -0.4 is 4.90 Å². The van der Waals surface area contributed by atoms with E-state index in [1.165, 1.54) is 12.1 Å². The monoisotopic (exact) mass is 537 g/mol. The summed E-state index contributed by atoms with van der Waals surface area (Å²) in [5.74, 6) is -2.91. The van der Waals surface area contributed by atoms with Crippen molar-refractivity contribution >= 4 is 39.0 Å². The molecular formula is C22H27ClF3N3O5S. The number of hydrogen-bond acceptors (Lipinski definition) is 6. The van der Waals surface area contributed by atoms with Gasteiger partial charge in [0.05, 0.1) is 15.2 Å². The van der Waals surface area contributed by atoms with E-state index in [1.54, 1.807) is 6.07 Å². The summed E-state index contributed by atoms with van der Waals surface area (Å²) in [4.78, 5) is 29.2. The number of benzene rings is 1. The number of carboxylic acids is 1. The van der Waals surface area contributed by atoms with Gasteiger partial charge in [-0.1, -0.05) is 18.5 Å². The molecule has 3 aliphatic rings. The second-order valence-electron chi connectivity index (χ2n) is 9.33. The molecular weight excluding hydrogens is 511 g/mol. The number of carbonyl (C=O) groups excluding carboxylic acids is 1. The zero-order valence-corrected chi connectivity index (χ0v) is 20.7. The number of likely N-dealkylation sites (N-methyl/N-ethyl adjacent to an activating group) is 1. The van der Waals surface area contributed by atoms with Crippen molar-refractivity contribution in [2.45, 2.75) is 48.5 Å². The molecule has 1 N–H and O–H groups in total. The van der Waals surface area contributed by atoms with Crippen LogP contribution in [0.5, 0.6) is 0 Å². The van der Waals surface area contributed by atoms with Gasteiger partial charge >= 0.3 is 12.1 Å². The third-order valence-electron chi connectivity index (χ3n) is 7.36. The molecule has 1 amide bonds. The summed E-state index contributed by atoms with van der Waals surface area (Å²) >= 11 is 6.35. The van der Waals surface area contributed by atoms with Gasteiger partial charge in [-0.3, -0.25) is 4.79 Å². The Labute approximate surface area is 206 Å². The number of amides is 1. The molecule has 0 radical (unpaired) electrons. The smallest absolute Gasteiger partial charge is 0.403 e. The summed E-state index contributed by atoms with van der Waals surface area (Å²) in [5, 5.41) is 8.11. The van der Waals surface area contributed by atoms with Crippen molar-refractivity contribution in [3.8, 4) is 0 Å². The highest BCUT2D eigenvalue weighted by Crippen LogP contribution is 2.59. The van der Waals surface area contributed by atoms with Crippen LogP contribution in [0.1, 0.15) is 26.2 Å². The molecule has 3 fully saturated rings. The predicted octanol–water partition coefficient (Wildman–Crippen LogP) is 2.65. The molecule has 0 unspecified atom stereocenters. The van der Waals surface area contributed by atoms with Gasteiger partial charge in [0, 0.05) is 38.4 Å². The number of alkyl halides is 3. The van der Waals surface area contributed by atoms with Crippen molar-refractivity contribution in [2.24, 2.45) is 5.41 Å². The van der Waals surface area contributed by atoms with E-state index in [9.17, 15) is 36.3 Å². The summed E-state index contributed by atoms with van der Waals surface area (Å²) < 4.78 is 67.1. The topological polar surface area (TPSA) is 98.2 Å². The molecule has 2 atom stereocenters. The Morgan fingerprint density at radius 2 is 1.80 bits per heavy atom. The highest BCUT2D eigenvalue weighted by molar-refractivity contribution is 7.92. The molecule has 2 saturated heterocycles. The molecule has 8 nitrogen and oxygen atoms in total. The number of hydrogen-bond donors (Lipinski definition) is 1. The Bertz CT molecular complexity index is 1120. The van der Waals surface area contributed by atoms with Gasteiger partial charge in [-0.2, -0.15) is 13.2 Å². The van der Waals surface area contributed by atoms with Crippen molar-refractivity contribution in [1.29, 1.82) is 0 Å². The van der Waals surface area contributed by atoms with Crippen LogP contribution in [-0.2, 0) is 19.4 Å². The van der Waals surface area contributed by atoms with Gasteiger partial charge in [-0.25, -0.2) is 13.2 Å². The van der Waals surface area contributed by atoms with Gasteiger partial charge in [-0.15, -0.1) is 0 Å². The fourth-order valence-corrected chi connectivity index (χ4v) is 7.16. The molecule has 1 aliphatic carbocycles. The van der Waals surface area contributed by atoms with Gasteiger partial charge in [0.25, 0.3) is 0 Å². The van der Waals surface area contributed by atoms with Crippen LogP contribution in [0.4, 0.5) is 18.9 Å². The van der Waals surface area contributed by atoms with Gasteiger partial charge in [-0.05, 0) is 44.0 Å². The van der Waals surface area contributed by atoms with Crippen LogP contribution in [0.25, 0.3) is 0 Å². The normalized spacial score (nSPS) is 25.1. The number of carboxylic acid groups (broad SMARTS) is 1. The Balaban J connectivity index is 1.56. The highest BCUT2D eigenvalue weighted by atomic mass is 35.5. The quantitative estimate of drug-likeness (QED) is 0.596. The van der Waals surface area contributed by atoms with Crippen LogP contribution in [0.15, 0.2) is 23.1 Å². The number of sulfone groups is 1. The fourth-order valence-electron chi connectivity index (χ4n) is 4.92. The van der Waals surface area contributed by atoms with E-state index in [0.29, 0.717) is 4.90 Å². The maximum Gasteiger partial charge on any atom is 0.403 e. The summed E-state index contributed by atoms with van der Waals surface area (Å²) in [5.41, 5.74) is -1.88. The molecule has 1 saturated carbocycles. The maximum atomic E-state index is 13.5. The summed E-state index contributed by atoms with van der Waals surface area (Å²) in [6.45, 7) is 5.59. The van der Waals surface area contributed by atoms with E-state index in [1.807, 2.05) is 0 Å². The first-order valence-electron chi connectivity index (χ1n) is 11.4. The minimum absolute atomic E-state index is 0.0500. The number of nitrogens with zero attached hydrogens (tertiary/aromatic N) is 3. The SMILES string of the molecule is CCN1CCN(c2ccc(S(=O)(=O)[C@@H]3C[C@@H](C(=O)O)N(C(=O)C4(C(F)(F)F)CC4)C3)c(Cl)c2)CC1. The summed E-state index contributed by atoms with van der Waals surface area (Å²) in [6.07, 6.45) is -6.20. The zero-order valence-electron chi connectivity index (χ0n) is 19.1. The molecule has 4 rings (SSSR count). The molecule has 0 spiro atoms. The van der Waals surface area contributed by atoms with Crippen molar-refractivity contribution < 1.29 is 36.3 Å². The fraction of sp³-hybridized carbons (Fsp3) is 0.636. The first kappa shape index (κ1) is 26.0. The maximum absolute atomic E-state index is 13.5. The van der Waals surface area contributed by atoms with Crippen LogP contribution >= 0.6 is 11.6 Å². The van der Waals surface area contributed by atoms with Gasteiger partial charge in [0.2, 0.25) is 5.91 Å². The van der Waals surface area contributed by atoms with Crippen molar-refractivity contribution in [2.75, 3.05) is 44.2 Å². The van der Waals surface area contributed by atoms with Crippen LogP contribution in [-0.4, -0.2) is 91.9 Å². The highest BCUT2D eigenvalue weighted by Gasteiger charge is 2.70. The number of likely N-dealkylation sites (tertiary alicyclic amines) is 1. The van der Waals surface area contributed by atoms with Crippen LogP contribution in [0.2, 0.25) is 5.02 Å². The predicted molar refractivity (Wildman–Crippen MR) is 122 cm³/mol. The van der Waals surface area contributed by atoms with Crippen molar-refractivity contribution in [3.05, 3.63) is 23.2 Å². The van der Waals surface area contributed by atoms with E-state index < -0.39 is 70.4 Å². The minimum Gasteiger partial charge on any atom is -0.480 e. The standard InChI is InChI=1S/C22H27ClF3N3O5S/c1-2-27-7-9-28(10-8-27)14-3-4-18(16(23)11-14)35(33,34)15-12-17(19(30)31)29(13-15)20(32)21(5-6-21)22(24,25)26/h3-4,11,15,17H,2,5-10,12-13H2,1H3,(H,30,31)/t15-,17+/m1/s1. The van der Waals surface area contributed by atoms with E-state index in [4.69, 9.17) is 11.6 Å². The van der Waals surface area contributed by atoms with E-state index in [2.05, 4.69) is 16.7 Å². The first-order valence-corrected chi connectivity index (χ1v) is 13.4. The molecule has 0 bridgehead atoms. The van der Waals surface area contributed by atoms with Crippen molar-refractivity contribution in [1.82, 2.24) is 9.80 Å². The zero-order chi connectivity index (χ0) is 25.8. The molecule has 1 aromatic rings. The number of anilines is 1. The molecule has 2 aliphatic heterocycles. The number of carbonyl (C=O) groups is 2. The Hall–Kier alpha value is -2.05. The Kier molecular flexibility index (Phi) is 6.78. The van der Waals surface area contributed by atoms with Crippen LogP contribution in [0.3, 0.4) is 0 Å². The van der Waals surface area contributed by atoms with Crippen molar-refractivity contribution in [3.63, 3.8) is 0 Å². The van der Waals surface area contributed by atoms with Gasteiger partial charge < -0.3 is 19.8 Å². The number of piperazine rings is 1.